The summed E-state index contributed by atoms with van der Waals surface area (Å²) in [5.74, 6) is 0.978. The van der Waals surface area contributed by atoms with Crippen molar-refractivity contribution in [3.05, 3.63) is 47.0 Å². The SMILES string of the molecule is CCCC/C=C/C(O)=C(\CCCC)CCCC/C(CCCC)=C(O)\C=C\CCCC. The van der Waals surface area contributed by atoms with Gasteiger partial charge >= 0.3 is 0 Å². The molecule has 0 fully saturated rings. The number of aliphatic hydroxyl groups is 2. The lowest BCUT2D eigenvalue weighted by molar-refractivity contribution is 0.412. The Labute approximate surface area is 187 Å². The molecule has 174 valence electrons. The molecule has 0 amide bonds. The molecule has 0 aromatic heterocycles. The fraction of sp³-hybridized carbons (Fsp3) is 0.714. The van der Waals surface area contributed by atoms with Crippen LogP contribution in [0.15, 0.2) is 47.0 Å². The van der Waals surface area contributed by atoms with E-state index in [-0.39, 0.29) is 0 Å². The summed E-state index contributed by atoms with van der Waals surface area (Å²) >= 11 is 0. The van der Waals surface area contributed by atoms with Gasteiger partial charge in [-0.1, -0.05) is 78.4 Å². The van der Waals surface area contributed by atoms with E-state index in [9.17, 15) is 10.2 Å². The van der Waals surface area contributed by atoms with Gasteiger partial charge in [0.15, 0.2) is 0 Å². The molecule has 0 saturated heterocycles. The van der Waals surface area contributed by atoms with Gasteiger partial charge in [-0.15, -0.1) is 0 Å². The Hall–Kier alpha value is -1.44. The molecule has 2 N–H and O–H groups in total. The number of hydrogen-bond donors (Lipinski definition) is 2. The first kappa shape index (κ1) is 28.6. The van der Waals surface area contributed by atoms with Crippen molar-refractivity contribution in [1.29, 1.82) is 0 Å². The molecule has 2 heteroatoms. The van der Waals surface area contributed by atoms with E-state index in [0.29, 0.717) is 11.5 Å². The highest BCUT2D eigenvalue weighted by Gasteiger charge is 2.07. The molecule has 0 aliphatic heterocycles. The largest absolute Gasteiger partial charge is 0.508 e. The normalized spacial score (nSPS) is 13.9. The predicted octanol–water partition coefficient (Wildman–Crippen LogP) is 10.0. The molecule has 0 radical (unpaired) electrons. The molecule has 0 saturated carbocycles. The minimum absolute atomic E-state index is 0.489. The number of allylic oxidation sites excluding steroid dienone is 6. The molecule has 0 unspecified atom stereocenters. The lowest BCUT2D eigenvalue weighted by atomic mass is 9.96. The van der Waals surface area contributed by atoms with E-state index >= 15 is 0 Å². The number of hydrogen-bond acceptors (Lipinski definition) is 2. The average Bonchev–Trinajstić information content (AvgIpc) is 2.75. The van der Waals surface area contributed by atoms with Gasteiger partial charge in [0.1, 0.15) is 11.5 Å². The molecule has 0 spiro atoms. The highest BCUT2D eigenvalue weighted by Crippen LogP contribution is 2.24. The fourth-order valence-corrected chi connectivity index (χ4v) is 3.49. The zero-order valence-corrected chi connectivity index (χ0v) is 20.5. The van der Waals surface area contributed by atoms with Gasteiger partial charge in [0.2, 0.25) is 0 Å². The maximum absolute atomic E-state index is 10.5. The molecule has 0 aliphatic carbocycles. The van der Waals surface area contributed by atoms with Crippen LogP contribution >= 0.6 is 0 Å². The Balaban J connectivity index is 4.82. The smallest absolute Gasteiger partial charge is 0.114 e. The van der Waals surface area contributed by atoms with Gasteiger partial charge in [-0.3, -0.25) is 0 Å². The van der Waals surface area contributed by atoms with E-state index in [1.807, 2.05) is 12.2 Å². The quantitative estimate of drug-likeness (QED) is 0.124. The van der Waals surface area contributed by atoms with Crippen LogP contribution in [0.2, 0.25) is 0 Å². The van der Waals surface area contributed by atoms with Crippen LogP contribution < -0.4 is 0 Å². The Morgan fingerprint density at radius 2 is 0.833 bits per heavy atom. The molecule has 0 aromatic rings. The first-order valence-corrected chi connectivity index (χ1v) is 12.8. The maximum atomic E-state index is 10.5. The minimum Gasteiger partial charge on any atom is -0.508 e. The minimum atomic E-state index is 0.489. The maximum Gasteiger partial charge on any atom is 0.114 e. The molecule has 30 heavy (non-hydrogen) atoms. The molecule has 0 aromatic carbocycles. The van der Waals surface area contributed by atoms with Gasteiger partial charge in [0.05, 0.1) is 0 Å². The van der Waals surface area contributed by atoms with Crippen molar-refractivity contribution in [3.8, 4) is 0 Å². The van der Waals surface area contributed by atoms with Gasteiger partial charge in [0, 0.05) is 0 Å². The Morgan fingerprint density at radius 1 is 0.500 bits per heavy atom. The van der Waals surface area contributed by atoms with Crippen LogP contribution in [0.1, 0.15) is 130 Å². The topological polar surface area (TPSA) is 40.5 Å². The second kappa shape index (κ2) is 20.8. The third kappa shape index (κ3) is 15.4. The summed E-state index contributed by atoms with van der Waals surface area (Å²) in [6, 6.07) is 0. The third-order valence-electron chi connectivity index (χ3n) is 5.60. The van der Waals surface area contributed by atoms with Crippen molar-refractivity contribution in [1.82, 2.24) is 0 Å². The van der Waals surface area contributed by atoms with Crippen LogP contribution in [0.5, 0.6) is 0 Å². The highest BCUT2D eigenvalue weighted by atomic mass is 16.3. The van der Waals surface area contributed by atoms with Crippen LogP contribution in [-0.4, -0.2) is 10.2 Å². The Bertz CT molecular complexity index is 475. The first-order chi connectivity index (χ1) is 14.6. The summed E-state index contributed by atoms with van der Waals surface area (Å²) in [6.07, 6.45) is 25.5. The van der Waals surface area contributed by atoms with Crippen LogP contribution in [0, 0.1) is 0 Å². The van der Waals surface area contributed by atoms with Crippen LogP contribution in [0.25, 0.3) is 0 Å². The molecule has 0 heterocycles. The molecule has 0 atom stereocenters. The second-order valence-electron chi connectivity index (χ2n) is 8.48. The first-order valence-electron chi connectivity index (χ1n) is 12.8. The highest BCUT2D eigenvalue weighted by molar-refractivity contribution is 5.20. The zero-order chi connectivity index (χ0) is 22.5. The van der Waals surface area contributed by atoms with Crippen molar-refractivity contribution < 1.29 is 10.2 Å². The number of unbranched alkanes of at least 4 members (excludes halogenated alkanes) is 7. The van der Waals surface area contributed by atoms with E-state index in [0.717, 1.165) is 77.0 Å². The van der Waals surface area contributed by atoms with E-state index < -0.39 is 0 Å². The summed E-state index contributed by atoms with van der Waals surface area (Å²) in [7, 11) is 0. The summed E-state index contributed by atoms with van der Waals surface area (Å²) in [5.41, 5.74) is 2.40. The Kier molecular flexibility index (Phi) is 19.8. The predicted molar refractivity (Wildman–Crippen MR) is 134 cm³/mol. The summed E-state index contributed by atoms with van der Waals surface area (Å²) in [4.78, 5) is 0. The zero-order valence-electron chi connectivity index (χ0n) is 20.5. The lowest BCUT2D eigenvalue weighted by Gasteiger charge is -2.11. The van der Waals surface area contributed by atoms with Gasteiger partial charge in [-0.05, 0) is 87.5 Å². The van der Waals surface area contributed by atoms with Gasteiger partial charge < -0.3 is 10.2 Å². The summed E-state index contributed by atoms with van der Waals surface area (Å²) in [5, 5.41) is 21.0. The molecular weight excluding hydrogens is 368 g/mol. The molecule has 0 bridgehead atoms. The standard InChI is InChI=1S/C28H50O2/c1-5-9-13-15-23-27(29)25(19-11-7-3)21-17-18-22-26(20-12-8-4)28(30)24-16-14-10-6-2/h15-16,23-24,29-30H,5-14,17-22H2,1-4H3/b23-15+,24-16+,27-25-,28-26+. The number of rotatable bonds is 19. The van der Waals surface area contributed by atoms with E-state index in [2.05, 4.69) is 39.8 Å². The van der Waals surface area contributed by atoms with Crippen LogP contribution in [-0.2, 0) is 0 Å². The van der Waals surface area contributed by atoms with Crippen molar-refractivity contribution in [2.45, 2.75) is 130 Å². The van der Waals surface area contributed by atoms with Crippen molar-refractivity contribution >= 4 is 0 Å². The fourth-order valence-electron chi connectivity index (χ4n) is 3.49. The molecule has 2 nitrogen and oxygen atoms in total. The van der Waals surface area contributed by atoms with Gasteiger partial charge in [0.25, 0.3) is 0 Å². The monoisotopic (exact) mass is 418 g/mol. The molecule has 0 aliphatic rings. The third-order valence-corrected chi connectivity index (χ3v) is 5.60. The summed E-state index contributed by atoms with van der Waals surface area (Å²) < 4.78 is 0. The molecule has 0 rings (SSSR count). The van der Waals surface area contributed by atoms with E-state index in [1.54, 1.807) is 0 Å². The lowest BCUT2D eigenvalue weighted by Crippen LogP contribution is -1.95. The van der Waals surface area contributed by atoms with Crippen molar-refractivity contribution in [2.75, 3.05) is 0 Å². The van der Waals surface area contributed by atoms with Crippen LogP contribution in [0.3, 0.4) is 0 Å². The van der Waals surface area contributed by atoms with Crippen molar-refractivity contribution in [2.24, 2.45) is 0 Å². The Morgan fingerprint density at radius 3 is 1.17 bits per heavy atom. The van der Waals surface area contributed by atoms with Gasteiger partial charge in [-0.2, -0.15) is 0 Å². The van der Waals surface area contributed by atoms with Gasteiger partial charge in [-0.25, -0.2) is 0 Å². The van der Waals surface area contributed by atoms with E-state index in [4.69, 9.17) is 0 Å². The van der Waals surface area contributed by atoms with Crippen LogP contribution in [0.4, 0.5) is 0 Å². The number of aliphatic hydroxyl groups excluding tert-OH is 2. The second-order valence-corrected chi connectivity index (χ2v) is 8.48. The van der Waals surface area contributed by atoms with E-state index in [1.165, 1.54) is 36.8 Å². The summed E-state index contributed by atoms with van der Waals surface area (Å²) in [6.45, 7) is 8.79. The molecular formula is C28H50O2. The van der Waals surface area contributed by atoms with Crippen molar-refractivity contribution in [3.63, 3.8) is 0 Å². The average molecular weight is 419 g/mol.